The summed E-state index contributed by atoms with van der Waals surface area (Å²) < 4.78 is 11.0. The maximum atomic E-state index is 5.58. The highest BCUT2D eigenvalue weighted by Gasteiger charge is 2.13. The number of hydrogen-bond acceptors (Lipinski definition) is 6. The Kier molecular flexibility index (Phi) is 5.16. The molecule has 0 aliphatic carbocycles. The summed E-state index contributed by atoms with van der Waals surface area (Å²) in [5.41, 5.74) is 0. The molecule has 0 bridgehead atoms. The molecular weight excluding hydrogens is 232 g/mol. The van der Waals surface area contributed by atoms with Crippen molar-refractivity contribution in [1.29, 1.82) is 0 Å². The molecule has 6 heteroatoms. The third-order valence-electron chi connectivity index (χ3n) is 2.58. The quantitative estimate of drug-likeness (QED) is 0.775. The van der Waals surface area contributed by atoms with Crippen LogP contribution >= 0.6 is 0 Å². The molecule has 1 fully saturated rings. The normalized spacial score (nSPS) is 19.5. The molecule has 1 aliphatic heterocycles. The maximum Gasteiger partial charge on any atom is 0.226 e. The number of ether oxygens (including phenoxy) is 2. The molecule has 0 aromatic carbocycles. The predicted molar refractivity (Wildman–Crippen MR) is 68.9 cm³/mol. The van der Waals surface area contributed by atoms with E-state index in [1.165, 1.54) is 0 Å². The van der Waals surface area contributed by atoms with Crippen molar-refractivity contribution in [3.63, 3.8) is 0 Å². The number of nitrogens with one attached hydrogen (secondary N) is 2. The van der Waals surface area contributed by atoms with E-state index in [-0.39, 0.29) is 6.10 Å². The third-order valence-corrected chi connectivity index (χ3v) is 2.58. The lowest BCUT2D eigenvalue weighted by atomic mass is 10.3. The smallest absolute Gasteiger partial charge is 0.226 e. The summed E-state index contributed by atoms with van der Waals surface area (Å²) in [6, 6.07) is 1.76. The van der Waals surface area contributed by atoms with Crippen LogP contribution in [-0.2, 0) is 4.74 Å². The van der Waals surface area contributed by atoms with E-state index in [4.69, 9.17) is 9.47 Å². The first kappa shape index (κ1) is 13.0. The van der Waals surface area contributed by atoms with Gasteiger partial charge in [-0.3, -0.25) is 0 Å². The van der Waals surface area contributed by atoms with E-state index in [0.717, 1.165) is 26.1 Å². The molecule has 1 atom stereocenters. The number of hydrogen-bond donors (Lipinski definition) is 2. The van der Waals surface area contributed by atoms with Crippen LogP contribution < -0.4 is 15.4 Å². The van der Waals surface area contributed by atoms with Crippen LogP contribution in [0.15, 0.2) is 12.3 Å². The van der Waals surface area contributed by atoms with Gasteiger partial charge in [0.05, 0.1) is 19.3 Å². The Labute approximate surface area is 107 Å². The van der Waals surface area contributed by atoms with Crippen molar-refractivity contribution in [2.45, 2.75) is 19.4 Å². The van der Waals surface area contributed by atoms with Crippen molar-refractivity contribution in [3.8, 4) is 5.88 Å². The fraction of sp³-hybridized carbons (Fsp3) is 0.667. The minimum atomic E-state index is 0.169. The van der Waals surface area contributed by atoms with Gasteiger partial charge in [0.25, 0.3) is 0 Å². The van der Waals surface area contributed by atoms with Gasteiger partial charge in [0.15, 0.2) is 0 Å². The molecule has 100 valence electrons. The summed E-state index contributed by atoms with van der Waals surface area (Å²) in [4.78, 5) is 8.43. The lowest BCUT2D eigenvalue weighted by Crippen LogP contribution is -2.42. The largest absolute Gasteiger partial charge is 0.478 e. The molecule has 0 spiro atoms. The van der Waals surface area contributed by atoms with Gasteiger partial charge in [0.2, 0.25) is 11.8 Å². The van der Waals surface area contributed by atoms with Crippen molar-refractivity contribution < 1.29 is 9.47 Å². The Bertz CT molecular complexity index is 356. The van der Waals surface area contributed by atoms with Crippen molar-refractivity contribution in [1.82, 2.24) is 15.3 Å². The highest BCUT2D eigenvalue weighted by atomic mass is 16.5. The summed E-state index contributed by atoms with van der Waals surface area (Å²) >= 11 is 0. The average molecular weight is 252 g/mol. The molecular formula is C12H20N4O2. The van der Waals surface area contributed by atoms with Crippen LogP contribution in [0.2, 0.25) is 0 Å². The number of aromatic nitrogens is 2. The van der Waals surface area contributed by atoms with Gasteiger partial charge in [-0.15, -0.1) is 0 Å². The van der Waals surface area contributed by atoms with Crippen molar-refractivity contribution in [2.75, 3.05) is 38.2 Å². The molecule has 0 saturated carbocycles. The van der Waals surface area contributed by atoms with Crippen molar-refractivity contribution in [2.24, 2.45) is 0 Å². The highest BCUT2D eigenvalue weighted by molar-refractivity contribution is 5.27. The summed E-state index contributed by atoms with van der Waals surface area (Å²) in [5.74, 6) is 1.19. The second-order valence-corrected chi connectivity index (χ2v) is 4.14. The molecule has 6 nitrogen and oxygen atoms in total. The van der Waals surface area contributed by atoms with Gasteiger partial charge in [-0.2, -0.15) is 4.98 Å². The van der Waals surface area contributed by atoms with E-state index in [0.29, 0.717) is 25.0 Å². The molecule has 18 heavy (non-hydrogen) atoms. The van der Waals surface area contributed by atoms with Gasteiger partial charge in [-0.1, -0.05) is 6.92 Å². The van der Waals surface area contributed by atoms with Crippen molar-refractivity contribution in [3.05, 3.63) is 12.3 Å². The molecule has 1 aromatic rings. The Hall–Kier alpha value is -1.40. The molecule has 2 heterocycles. The SMILES string of the molecule is CCCOc1ccnc(NCC2CNCCO2)n1. The summed E-state index contributed by atoms with van der Waals surface area (Å²) in [7, 11) is 0. The van der Waals surface area contributed by atoms with E-state index < -0.39 is 0 Å². The molecule has 1 aliphatic rings. The minimum absolute atomic E-state index is 0.169. The van der Waals surface area contributed by atoms with Gasteiger partial charge in [-0.05, 0) is 6.42 Å². The summed E-state index contributed by atoms with van der Waals surface area (Å²) in [6.45, 7) is 5.98. The average Bonchev–Trinajstić information content (AvgIpc) is 2.44. The van der Waals surface area contributed by atoms with Crippen LogP contribution in [0.5, 0.6) is 5.88 Å². The van der Waals surface area contributed by atoms with Crippen LogP contribution in [0.25, 0.3) is 0 Å². The number of morpholine rings is 1. The molecule has 0 amide bonds. The van der Waals surface area contributed by atoms with Gasteiger partial charge in [0.1, 0.15) is 0 Å². The van der Waals surface area contributed by atoms with E-state index in [9.17, 15) is 0 Å². The van der Waals surface area contributed by atoms with Crippen LogP contribution in [0.1, 0.15) is 13.3 Å². The zero-order valence-electron chi connectivity index (χ0n) is 10.7. The summed E-state index contributed by atoms with van der Waals surface area (Å²) in [5, 5.41) is 6.44. The highest BCUT2D eigenvalue weighted by Crippen LogP contribution is 2.09. The zero-order chi connectivity index (χ0) is 12.6. The van der Waals surface area contributed by atoms with Gasteiger partial charge >= 0.3 is 0 Å². The number of anilines is 1. The minimum Gasteiger partial charge on any atom is -0.478 e. The number of rotatable bonds is 6. The van der Waals surface area contributed by atoms with Crippen LogP contribution in [0, 0.1) is 0 Å². The molecule has 1 aromatic heterocycles. The van der Waals surface area contributed by atoms with Gasteiger partial charge < -0.3 is 20.1 Å². The first-order chi connectivity index (χ1) is 8.88. The second kappa shape index (κ2) is 7.13. The first-order valence-corrected chi connectivity index (χ1v) is 6.40. The van der Waals surface area contributed by atoms with E-state index in [1.54, 1.807) is 12.3 Å². The second-order valence-electron chi connectivity index (χ2n) is 4.14. The maximum absolute atomic E-state index is 5.58. The fourth-order valence-corrected chi connectivity index (χ4v) is 1.67. The predicted octanol–water partition coefficient (Wildman–Crippen LogP) is 0.666. The van der Waals surface area contributed by atoms with Crippen LogP contribution in [0.4, 0.5) is 5.95 Å². The first-order valence-electron chi connectivity index (χ1n) is 6.40. The Morgan fingerprint density at radius 3 is 3.33 bits per heavy atom. The Morgan fingerprint density at radius 2 is 2.56 bits per heavy atom. The zero-order valence-corrected chi connectivity index (χ0v) is 10.7. The topological polar surface area (TPSA) is 68.3 Å². The molecule has 2 N–H and O–H groups in total. The molecule has 2 rings (SSSR count). The Balaban J connectivity index is 1.80. The molecule has 0 radical (unpaired) electrons. The van der Waals surface area contributed by atoms with Crippen LogP contribution in [-0.4, -0.2) is 48.9 Å². The molecule has 1 unspecified atom stereocenters. The Morgan fingerprint density at radius 1 is 1.61 bits per heavy atom. The number of nitrogens with zero attached hydrogens (tertiary/aromatic N) is 2. The monoisotopic (exact) mass is 252 g/mol. The van der Waals surface area contributed by atoms with E-state index in [2.05, 4.69) is 27.5 Å². The standard InChI is InChI=1S/C12H20N4O2/c1-2-6-18-11-3-4-14-12(16-11)15-9-10-8-13-5-7-17-10/h3-4,10,13H,2,5-9H2,1H3,(H,14,15,16). The lowest BCUT2D eigenvalue weighted by molar-refractivity contribution is 0.0371. The third kappa shape index (κ3) is 4.12. The van der Waals surface area contributed by atoms with Gasteiger partial charge in [-0.25, -0.2) is 4.98 Å². The lowest BCUT2D eigenvalue weighted by Gasteiger charge is -2.23. The fourth-order valence-electron chi connectivity index (χ4n) is 1.67. The van der Waals surface area contributed by atoms with Crippen molar-refractivity contribution >= 4 is 5.95 Å². The van der Waals surface area contributed by atoms with Crippen LogP contribution in [0.3, 0.4) is 0 Å². The van der Waals surface area contributed by atoms with Gasteiger partial charge in [0, 0.05) is 31.9 Å². The molecule has 1 saturated heterocycles. The van der Waals surface area contributed by atoms with E-state index in [1.807, 2.05) is 0 Å². The summed E-state index contributed by atoms with van der Waals surface area (Å²) in [6.07, 6.45) is 2.83. The van der Waals surface area contributed by atoms with E-state index >= 15 is 0 Å².